The van der Waals surface area contributed by atoms with Gasteiger partial charge in [0.25, 0.3) is 11.8 Å². The van der Waals surface area contributed by atoms with Crippen LogP contribution in [0.1, 0.15) is 141 Å². The average molecular weight is 1240 g/mol. The van der Waals surface area contributed by atoms with Crippen LogP contribution in [0.15, 0.2) is 11.6 Å². The maximum Gasteiger partial charge on any atom is 0.303 e. The highest BCUT2D eigenvalue weighted by Gasteiger charge is 2.71. The third-order valence-corrected chi connectivity index (χ3v) is 22.6. The molecule has 10 rings (SSSR count). The highest BCUT2D eigenvalue weighted by Crippen LogP contribution is 2.75. The molecule has 0 N–H and O–H groups in total. The second-order valence-electron chi connectivity index (χ2n) is 28.3. The van der Waals surface area contributed by atoms with E-state index in [1.54, 1.807) is 0 Å². The lowest BCUT2D eigenvalue weighted by Gasteiger charge is -2.70. The van der Waals surface area contributed by atoms with Crippen LogP contribution in [0.2, 0.25) is 0 Å². The Bertz CT molecular complexity index is 2760. The minimum atomic E-state index is -1.96. The zero-order valence-electron chi connectivity index (χ0n) is 53.4. The van der Waals surface area contributed by atoms with Crippen molar-refractivity contribution >= 4 is 53.4 Å². The molecule has 4 saturated carbocycles. The number of fused-ring (bicyclic) bond motifs is 7. The van der Waals surface area contributed by atoms with Crippen molar-refractivity contribution in [2.24, 2.45) is 50.2 Å². The maximum absolute atomic E-state index is 15.6. The third kappa shape index (κ3) is 12.1. The summed E-state index contributed by atoms with van der Waals surface area (Å²) in [6, 6.07) is 0. The summed E-state index contributed by atoms with van der Waals surface area (Å²) in [6.07, 6.45) is -9.82. The van der Waals surface area contributed by atoms with Gasteiger partial charge in [0.05, 0.1) is 45.7 Å². The Hall–Kier alpha value is -5.11. The number of ketones is 1. The van der Waals surface area contributed by atoms with Crippen LogP contribution in [0.4, 0.5) is 0 Å². The van der Waals surface area contributed by atoms with Crippen molar-refractivity contribution in [1.29, 1.82) is 0 Å². The molecule has 24 heteroatoms. The van der Waals surface area contributed by atoms with Crippen LogP contribution in [-0.2, 0) is 100.0 Å². The van der Waals surface area contributed by atoms with Crippen molar-refractivity contribution in [3.8, 4) is 0 Å². The van der Waals surface area contributed by atoms with E-state index in [-0.39, 0.29) is 92.9 Å². The molecule has 0 bridgehead atoms. The van der Waals surface area contributed by atoms with Gasteiger partial charge in [-0.15, -0.1) is 0 Å². The first-order valence-electron chi connectivity index (χ1n) is 31.8. The zero-order chi connectivity index (χ0) is 63.6. The van der Waals surface area contributed by atoms with Gasteiger partial charge in [-0.25, -0.2) is 0 Å². The fourth-order valence-electron chi connectivity index (χ4n) is 18.0. The molecule has 0 spiro atoms. The highest BCUT2D eigenvalue weighted by molar-refractivity contribution is 5.96. The minimum Gasteiger partial charge on any atom is -0.455 e. The lowest BCUT2D eigenvalue weighted by Crippen LogP contribution is -2.70. The second kappa shape index (κ2) is 25.2. The number of allylic oxidation sites excluding steroid dienone is 2. The topological polar surface area (TPSA) is 274 Å². The summed E-state index contributed by atoms with van der Waals surface area (Å²) in [5.74, 6) is -6.08. The normalized spacial score (nSPS) is 41.5. The molecule has 0 aromatic heterocycles. The van der Waals surface area contributed by atoms with Crippen molar-refractivity contribution in [2.75, 3.05) is 78.9 Å². The number of carbonyl (C=O) groups excluding carboxylic acids is 9. The minimum absolute atomic E-state index is 0.0472. The Morgan fingerprint density at radius 2 is 0.943 bits per heavy atom. The molecule has 88 heavy (non-hydrogen) atoms. The number of carbonyl (C=O) groups is 9. The Morgan fingerprint density at radius 3 is 1.44 bits per heavy atom. The summed E-state index contributed by atoms with van der Waals surface area (Å²) < 4.78 is 73.7. The molecular weight excluding hydrogens is 1150 g/mol. The fraction of sp³-hybridized carbons (Fsp3) is 0.828. The van der Waals surface area contributed by atoms with Crippen molar-refractivity contribution < 1.29 is 100.0 Å². The summed E-state index contributed by atoms with van der Waals surface area (Å²) in [5.41, 5.74) is -1.59. The van der Waals surface area contributed by atoms with E-state index in [0.717, 1.165) is 73.1 Å². The van der Waals surface area contributed by atoms with Gasteiger partial charge >= 0.3 is 29.8 Å². The molecule has 19 unspecified atom stereocenters. The van der Waals surface area contributed by atoms with Gasteiger partial charge in [-0.05, 0) is 103 Å². The number of morpholine rings is 3. The van der Waals surface area contributed by atoms with Crippen molar-refractivity contribution in [2.45, 2.75) is 208 Å². The number of hydrogen-bond donors (Lipinski definition) is 0. The molecule has 9 fully saturated rings. The number of ether oxygens (including phenoxy) is 12. The SMILES string of the molecule is CC(=O)OC1C(OC2C(OC3CCC4(C)C(CCC5(C)C4C(=O)C=C4C6CC(C)(C(=O)N7CCOCC7)CCC6(C)CCC45C)C3(C)C)OC(C(=O)N3CCOCC3)C(OC(C)=O)C2OC(C)=O)OC(C(=O)N2CCOCC2)C(OC(C)=O)C1OC(C)=O. The van der Waals surface area contributed by atoms with Gasteiger partial charge < -0.3 is 71.5 Å². The van der Waals surface area contributed by atoms with Crippen molar-refractivity contribution in [3.05, 3.63) is 11.6 Å². The average Bonchev–Trinajstić information content (AvgIpc) is 0.681. The molecular formula is C64H93N3O21. The van der Waals surface area contributed by atoms with Gasteiger partial charge in [0, 0.05) is 85.2 Å². The van der Waals surface area contributed by atoms with E-state index in [1.807, 2.05) is 11.0 Å². The number of hydrogen-bond acceptors (Lipinski definition) is 21. The second-order valence-corrected chi connectivity index (χ2v) is 28.3. The molecule has 490 valence electrons. The van der Waals surface area contributed by atoms with Crippen LogP contribution in [-0.4, -0.2) is 214 Å². The van der Waals surface area contributed by atoms with E-state index < -0.39 is 131 Å². The maximum atomic E-state index is 15.6. The molecule has 5 saturated heterocycles. The van der Waals surface area contributed by atoms with Crippen LogP contribution >= 0.6 is 0 Å². The predicted molar refractivity (Wildman–Crippen MR) is 306 cm³/mol. The standard InChI is InChI=1S/C64H93N3O21/c1-35(68)80-45-47(82-37(3)70)51(84-39(5)72)57(87-50(45)55(75)66-23-29-78-30-24-66)88-52-48(83-38(4)71)46(81-36(2)69)49(54(74)65-21-27-77-28-22-65)86-56(52)85-44-14-15-62(10)43(59(44,6)7)13-16-64(12)53(62)42(73)33-40-41-34-61(9,58(76)67-25-31-79-32-26-67)18-17-60(41,8)19-20-63(40,64)11/h33,41,43-53,56-57H,13-32,34H2,1-12H3. The van der Waals surface area contributed by atoms with E-state index >= 15 is 4.79 Å². The largest absolute Gasteiger partial charge is 0.455 e. The fourth-order valence-corrected chi connectivity index (χ4v) is 18.0. The van der Waals surface area contributed by atoms with Gasteiger partial charge in [0.15, 0.2) is 67.2 Å². The first kappa shape index (κ1) is 65.8. The van der Waals surface area contributed by atoms with Crippen LogP contribution in [0.25, 0.3) is 0 Å². The van der Waals surface area contributed by atoms with E-state index in [2.05, 4.69) is 48.5 Å². The van der Waals surface area contributed by atoms with Crippen molar-refractivity contribution in [3.63, 3.8) is 0 Å². The monoisotopic (exact) mass is 1240 g/mol. The van der Waals surface area contributed by atoms with Gasteiger partial charge in [-0.3, -0.25) is 43.2 Å². The van der Waals surface area contributed by atoms with Crippen LogP contribution in [0.5, 0.6) is 0 Å². The molecule has 10 aliphatic rings. The Morgan fingerprint density at radius 1 is 0.500 bits per heavy atom. The first-order valence-corrected chi connectivity index (χ1v) is 31.8. The highest BCUT2D eigenvalue weighted by atomic mass is 16.8. The van der Waals surface area contributed by atoms with Crippen LogP contribution in [0, 0.1) is 50.2 Å². The number of amides is 3. The lowest BCUT2D eigenvalue weighted by atomic mass is 9.33. The lowest BCUT2D eigenvalue weighted by molar-refractivity contribution is -0.371. The number of nitrogens with zero attached hydrogens (tertiary/aromatic N) is 3. The van der Waals surface area contributed by atoms with E-state index in [1.165, 1.54) is 15.4 Å². The molecule has 0 radical (unpaired) electrons. The van der Waals surface area contributed by atoms with Crippen LogP contribution in [0.3, 0.4) is 0 Å². The van der Waals surface area contributed by atoms with Crippen LogP contribution < -0.4 is 0 Å². The summed E-state index contributed by atoms with van der Waals surface area (Å²) in [5, 5.41) is 0. The number of esters is 5. The summed E-state index contributed by atoms with van der Waals surface area (Å²) >= 11 is 0. The van der Waals surface area contributed by atoms with Gasteiger partial charge in [-0.2, -0.15) is 0 Å². The van der Waals surface area contributed by atoms with E-state index in [4.69, 9.17) is 56.8 Å². The molecule has 24 nitrogen and oxygen atoms in total. The summed E-state index contributed by atoms with van der Waals surface area (Å²) in [6.45, 7) is 24.5. The quantitative estimate of drug-likeness (QED) is 0.149. The van der Waals surface area contributed by atoms with E-state index in [9.17, 15) is 38.4 Å². The Kier molecular flexibility index (Phi) is 18.8. The molecule has 5 aliphatic carbocycles. The summed E-state index contributed by atoms with van der Waals surface area (Å²) in [4.78, 5) is 131. The van der Waals surface area contributed by atoms with Gasteiger partial charge in [0.1, 0.15) is 0 Å². The van der Waals surface area contributed by atoms with Gasteiger partial charge in [0.2, 0.25) is 5.91 Å². The molecule has 3 amide bonds. The number of rotatable bonds is 12. The van der Waals surface area contributed by atoms with Crippen molar-refractivity contribution in [1.82, 2.24) is 14.7 Å². The molecule has 5 aliphatic heterocycles. The molecule has 0 aromatic rings. The Labute approximate surface area is 515 Å². The molecule has 5 heterocycles. The summed E-state index contributed by atoms with van der Waals surface area (Å²) in [7, 11) is 0. The Balaban J connectivity index is 1.02. The van der Waals surface area contributed by atoms with Gasteiger partial charge in [-0.1, -0.05) is 54.0 Å². The predicted octanol–water partition coefficient (Wildman–Crippen LogP) is 4.42. The zero-order valence-corrected chi connectivity index (χ0v) is 53.4. The first-order chi connectivity index (χ1) is 41.5. The third-order valence-electron chi connectivity index (χ3n) is 22.6. The smallest absolute Gasteiger partial charge is 0.303 e. The molecule has 0 aromatic carbocycles. The van der Waals surface area contributed by atoms with E-state index in [0.29, 0.717) is 45.6 Å². The molecule has 19 atom stereocenters.